The molecule has 5 rings (SSSR count). The molecule has 0 atom stereocenters. The molecule has 2 aromatic carbocycles. The number of alkyl halides is 3. The number of ether oxygens (including phenoxy) is 1. The van der Waals surface area contributed by atoms with Crippen LogP contribution in [-0.2, 0) is 12.6 Å². The SMILES string of the molecule is CC(C)N1CCOc2c1cc(-c1nc(Cc3ccc(N4CCC(N(C)C)CC4)c(F)c3)ncc1F)cc2C(F)(F)F. The number of hydrogen-bond acceptors (Lipinski definition) is 6. The summed E-state index contributed by atoms with van der Waals surface area (Å²) in [5, 5.41) is 0. The largest absolute Gasteiger partial charge is 0.489 e. The van der Waals surface area contributed by atoms with Gasteiger partial charge in [-0.05, 0) is 70.6 Å². The van der Waals surface area contributed by atoms with Crippen LogP contribution in [0.2, 0.25) is 0 Å². The minimum absolute atomic E-state index is 0.0315. The maximum Gasteiger partial charge on any atom is 0.420 e. The quantitative estimate of drug-likeness (QED) is 0.328. The third kappa shape index (κ3) is 6.10. The molecular weight excluding hydrogens is 541 g/mol. The normalized spacial score (nSPS) is 16.4. The van der Waals surface area contributed by atoms with Crippen molar-refractivity contribution in [3.05, 3.63) is 65.1 Å². The zero-order chi connectivity index (χ0) is 29.5. The third-order valence-electron chi connectivity index (χ3n) is 7.86. The number of nitrogens with zero attached hydrogens (tertiary/aromatic N) is 5. The number of anilines is 2. The Kier molecular flexibility index (Phi) is 8.09. The molecule has 220 valence electrons. The Hall–Kier alpha value is -3.47. The number of rotatable bonds is 6. The van der Waals surface area contributed by atoms with E-state index in [2.05, 4.69) is 14.9 Å². The van der Waals surface area contributed by atoms with Gasteiger partial charge in [-0.25, -0.2) is 18.7 Å². The highest BCUT2D eigenvalue weighted by Crippen LogP contribution is 2.46. The van der Waals surface area contributed by atoms with Crippen molar-refractivity contribution in [1.29, 1.82) is 0 Å². The molecule has 1 fully saturated rings. The predicted molar refractivity (Wildman–Crippen MR) is 149 cm³/mol. The van der Waals surface area contributed by atoms with Crippen LogP contribution < -0.4 is 14.5 Å². The molecule has 0 unspecified atom stereocenters. The number of aromatic nitrogens is 2. The fourth-order valence-electron chi connectivity index (χ4n) is 5.64. The highest BCUT2D eigenvalue weighted by Gasteiger charge is 2.39. The molecule has 0 spiro atoms. The molecule has 0 aliphatic carbocycles. The number of fused-ring (bicyclic) bond motifs is 1. The lowest BCUT2D eigenvalue weighted by atomic mass is 10.0. The fourth-order valence-corrected chi connectivity index (χ4v) is 5.64. The monoisotopic (exact) mass is 575 g/mol. The fraction of sp³-hybridized carbons (Fsp3) is 0.467. The van der Waals surface area contributed by atoms with Gasteiger partial charge in [0.1, 0.15) is 29.5 Å². The van der Waals surface area contributed by atoms with Crippen molar-refractivity contribution in [3.63, 3.8) is 0 Å². The summed E-state index contributed by atoms with van der Waals surface area (Å²) in [6, 6.07) is 7.64. The van der Waals surface area contributed by atoms with Gasteiger partial charge in [-0.15, -0.1) is 0 Å². The smallest absolute Gasteiger partial charge is 0.420 e. The Morgan fingerprint density at radius 3 is 2.37 bits per heavy atom. The Bertz CT molecular complexity index is 1400. The molecule has 0 N–H and O–H groups in total. The van der Waals surface area contributed by atoms with E-state index >= 15 is 4.39 Å². The zero-order valence-electron chi connectivity index (χ0n) is 23.6. The van der Waals surface area contributed by atoms with E-state index in [4.69, 9.17) is 4.74 Å². The molecule has 41 heavy (non-hydrogen) atoms. The van der Waals surface area contributed by atoms with Crippen molar-refractivity contribution in [2.45, 2.75) is 51.4 Å². The van der Waals surface area contributed by atoms with Gasteiger partial charge >= 0.3 is 6.18 Å². The van der Waals surface area contributed by atoms with Crippen LogP contribution in [0.4, 0.5) is 33.3 Å². The first-order valence-corrected chi connectivity index (χ1v) is 13.8. The standard InChI is InChI=1S/C30H34F5N5O/c1-18(2)40-11-12-41-29-22(30(33,34)35)15-20(16-26(29)40)28-24(32)17-36-27(37-28)14-19-5-6-25(23(31)13-19)39-9-7-21(8-10-39)38(3)4/h5-6,13,15-18,21H,7-12,14H2,1-4H3. The minimum atomic E-state index is -4.71. The first-order chi connectivity index (χ1) is 19.4. The molecule has 2 aliphatic heterocycles. The van der Waals surface area contributed by atoms with Gasteiger partial charge in [0.25, 0.3) is 0 Å². The van der Waals surface area contributed by atoms with Crippen molar-refractivity contribution in [2.75, 3.05) is 50.1 Å². The number of halogens is 5. The van der Waals surface area contributed by atoms with Crippen LogP contribution in [0.1, 0.15) is 43.6 Å². The lowest BCUT2D eigenvalue weighted by Gasteiger charge is -2.36. The topological polar surface area (TPSA) is 44.7 Å². The second kappa shape index (κ2) is 11.4. The van der Waals surface area contributed by atoms with Crippen LogP contribution >= 0.6 is 0 Å². The highest BCUT2D eigenvalue weighted by molar-refractivity contribution is 5.75. The first kappa shape index (κ1) is 29.0. The molecule has 6 nitrogen and oxygen atoms in total. The van der Waals surface area contributed by atoms with Crippen LogP contribution in [0.25, 0.3) is 11.3 Å². The van der Waals surface area contributed by atoms with Crippen LogP contribution in [0.5, 0.6) is 5.75 Å². The summed E-state index contributed by atoms with van der Waals surface area (Å²) in [7, 11) is 4.10. The third-order valence-corrected chi connectivity index (χ3v) is 7.86. The molecule has 0 amide bonds. The van der Waals surface area contributed by atoms with Gasteiger partial charge in [0.2, 0.25) is 0 Å². The van der Waals surface area contributed by atoms with E-state index in [1.165, 1.54) is 12.1 Å². The van der Waals surface area contributed by atoms with Gasteiger partial charge in [-0.3, -0.25) is 0 Å². The molecule has 1 aromatic heterocycles. The molecule has 3 aromatic rings. The van der Waals surface area contributed by atoms with Crippen molar-refractivity contribution >= 4 is 11.4 Å². The van der Waals surface area contributed by atoms with Gasteiger partial charge < -0.3 is 19.4 Å². The molecule has 0 radical (unpaired) electrons. The average molecular weight is 576 g/mol. The van der Waals surface area contributed by atoms with E-state index in [9.17, 15) is 17.6 Å². The summed E-state index contributed by atoms with van der Waals surface area (Å²) in [6.45, 7) is 5.76. The lowest BCUT2D eigenvalue weighted by molar-refractivity contribution is -0.139. The molecule has 3 heterocycles. The Balaban J connectivity index is 1.43. The van der Waals surface area contributed by atoms with Crippen LogP contribution in [0, 0.1) is 11.6 Å². The lowest BCUT2D eigenvalue weighted by Crippen LogP contribution is -2.42. The molecule has 0 saturated carbocycles. The maximum absolute atomic E-state index is 15.1. The summed E-state index contributed by atoms with van der Waals surface area (Å²) in [4.78, 5) is 14.4. The molecular formula is C30H34F5N5O. The van der Waals surface area contributed by atoms with E-state index in [-0.39, 0.29) is 53.4 Å². The molecule has 0 bridgehead atoms. The van der Waals surface area contributed by atoms with Gasteiger partial charge in [0.05, 0.1) is 24.1 Å². The summed E-state index contributed by atoms with van der Waals surface area (Å²) in [5.74, 6) is -1.32. The van der Waals surface area contributed by atoms with Crippen LogP contribution in [-0.4, -0.2) is 67.3 Å². The second-order valence-corrected chi connectivity index (χ2v) is 11.1. The van der Waals surface area contributed by atoms with Crippen LogP contribution in [0.3, 0.4) is 0 Å². The van der Waals surface area contributed by atoms with Crippen molar-refractivity contribution < 1.29 is 26.7 Å². The maximum atomic E-state index is 15.1. The van der Waals surface area contributed by atoms with E-state index in [1.54, 1.807) is 17.0 Å². The van der Waals surface area contributed by atoms with E-state index < -0.39 is 17.6 Å². The Morgan fingerprint density at radius 2 is 1.73 bits per heavy atom. The van der Waals surface area contributed by atoms with Gasteiger partial charge in [-0.2, -0.15) is 13.2 Å². The van der Waals surface area contributed by atoms with E-state index in [0.29, 0.717) is 23.8 Å². The van der Waals surface area contributed by atoms with Gasteiger partial charge in [0.15, 0.2) is 11.6 Å². The first-order valence-electron chi connectivity index (χ1n) is 13.8. The summed E-state index contributed by atoms with van der Waals surface area (Å²) in [5.41, 5.74) is 0.0738. The van der Waals surface area contributed by atoms with Gasteiger partial charge in [0, 0.05) is 37.2 Å². The molecule has 1 saturated heterocycles. The molecule has 2 aliphatic rings. The number of piperidine rings is 1. The van der Waals surface area contributed by atoms with Gasteiger partial charge in [-0.1, -0.05) is 6.07 Å². The minimum Gasteiger partial charge on any atom is -0.489 e. The Labute approximate surface area is 236 Å². The second-order valence-electron chi connectivity index (χ2n) is 11.1. The number of benzene rings is 2. The number of hydrogen-bond donors (Lipinski definition) is 0. The van der Waals surface area contributed by atoms with Crippen molar-refractivity contribution in [2.24, 2.45) is 0 Å². The summed E-state index contributed by atoms with van der Waals surface area (Å²) in [6.07, 6.45) is -1.79. The van der Waals surface area contributed by atoms with Crippen LogP contribution in [0.15, 0.2) is 36.5 Å². The Morgan fingerprint density at radius 1 is 1.00 bits per heavy atom. The summed E-state index contributed by atoms with van der Waals surface area (Å²) < 4.78 is 77.8. The molecule has 11 heteroatoms. The average Bonchev–Trinajstić information content (AvgIpc) is 2.92. The van der Waals surface area contributed by atoms with Crippen molar-refractivity contribution in [3.8, 4) is 17.0 Å². The predicted octanol–water partition coefficient (Wildman–Crippen LogP) is 6.17. The van der Waals surface area contributed by atoms with E-state index in [1.807, 2.05) is 32.8 Å². The summed E-state index contributed by atoms with van der Waals surface area (Å²) >= 11 is 0. The van der Waals surface area contributed by atoms with Crippen molar-refractivity contribution in [1.82, 2.24) is 14.9 Å². The zero-order valence-corrected chi connectivity index (χ0v) is 23.6. The van der Waals surface area contributed by atoms with E-state index in [0.717, 1.165) is 38.2 Å². The highest BCUT2D eigenvalue weighted by atomic mass is 19.4.